The molecule has 7 nitrogen and oxygen atoms in total. The molecule has 1 saturated heterocycles. The molecule has 7 heteroatoms. The van der Waals surface area contributed by atoms with E-state index in [4.69, 9.17) is 0 Å². The minimum Gasteiger partial charge on any atom is -0.348 e. The molecule has 3 aromatic rings. The second kappa shape index (κ2) is 9.47. The molecule has 1 unspecified atom stereocenters. The maximum absolute atomic E-state index is 12.8. The van der Waals surface area contributed by atoms with Crippen molar-refractivity contribution in [2.45, 2.75) is 32.2 Å². The fourth-order valence-electron chi connectivity index (χ4n) is 3.82. The summed E-state index contributed by atoms with van der Waals surface area (Å²) in [6.07, 6.45) is 6.65. The van der Waals surface area contributed by atoms with Gasteiger partial charge in [-0.15, -0.1) is 0 Å². The summed E-state index contributed by atoms with van der Waals surface area (Å²) in [5.41, 5.74) is 2.74. The molecule has 2 aromatic heterocycles. The first-order valence-electron chi connectivity index (χ1n) is 10.5. The summed E-state index contributed by atoms with van der Waals surface area (Å²) in [5.74, 6) is 0.520. The van der Waals surface area contributed by atoms with Crippen molar-refractivity contribution in [2.24, 2.45) is 0 Å². The van der Waals surface area contributed by atoms with E-state index in [1.807, 2.05) is 42.2 Å². The molecule has 0 saturated carbocycles. The van der Waals surface area contributed by atoms with E-state index in [0.717, 1.165) is 18.4 Å². The molecule has 3 heterocycles. The third-order valence-corrected chi connectivity index (χ3v) is 5.52. The number of nitrogens with zero attached hydrogens (tertiary/aromatic N) is 4. The zero-order valence-electron chi connectivity index (χ0n) is 17.5. The normalized spacial score (nSPS) is 16.0. The van der Waals surface area contributed by atoms with E-state index in [2.05, 4.69) is 20.3 Å². The van der Waals surface area contributed by atoms with Crippen LogP contribution in [0.25, 0.3) is 0 Å². The SMILES string of the molecule is Cc1nc(C2CCCN(C(=O)c3cccnc3)C2)ncc1C(=O)NCc1ccccc1. The van der Waals surface area contributed by atoms with Gasteiger partial charge in [-0.3, -0.25) is 14.6 Å². The van der Waals surface area contributed by atoms with Gasteiger partial charge in [-0.25, -0.2) is 9.97 Å². The highest BCUT2D eigenvalue weighted by atomic mass is 16.2. The number of amides is 2. The summed E-state index contributed by atoms with van der Waals surface area (Å²) in [6.45, 7) is 3.55. The molecule has 2 amide bonds. The second-order valence-corrected chi connectivity index (χ2v) is 7.73. The summed E-state index contributed by atoms with van der Waals surface area (Å²) in [6, 6.07) is 13.3. The lowest BCUT2D eigenvalue weighted by Gasteiger charge is -2.32. The smallest absolute Gasteiger partial charge is 0.255 e. The molecule has 1 aromatic carbocycles. The average molecular weight is 415 g/mol. The number of hydrogen-bond donors (Lipinski definition) is 1. The van der Waals surface area contributed by atoms with E-state index in [9.17, 15) is 9.59 Å². The number of likely N-dealkylation sites (tertiary alicyclic amines) is 1. The Labute approximate surface area is 181 Å². The van der Waals surface area contributed by atoms with Crippen molar-refractivity contribution >= 4 is 11.8 Å². The van der Waals surface area contributed by atoms with Crippen LogP contribution in [-0.4, -0.2) is 44.8 Å². The number of aryl methyl sites for hydroxylation is 1. The zero-order chi connectivity index (χ0) is 21.6. The van der Waals surface area contributed by atoms with E-state index in [1.54, 1.807) is 30.7 Å². The van der Waals surface area contributed by atoms with E-state index < -0.39 is 0 Å². The van der Waals surface area contributed by atoms with Gasteiger partial charge in [-0.1, -0.05) is 30.3 Å². The van der Waals surface area contributed by atoms with Crippen molar-refractivity contribution in [2.75, 3.05) is 13.1 Å². The van der Waals surface area contributed by atoms with Gasteiger partial charge in [0.2, 0.25) is 0 Å². The molecule has 31 heavy (non-hydrogen) atoms. The summed E-state index contributed by atoms with van der Waals surface area (Å²) < 4.78 is 0. The minimum absolute atomic E-state index is 0.0218. The lowest BCUT2D eigenvalue weighted by Crippen LogP contribution is -2.39. The molecule has 0 bridgehead atoms. The molecule has 1 aliphatic heterocycles. The number of aromatic nitrogens is 3. The largest absolute Gasteiger partial charge is 0.348 e. The molecule has 1 atom stereocenters. The summed E-state index contributed by atoms with van der Waals surface area (Å²) in [7, 11) is 0. The minimum atomic E-state index is -0.190. The Balaban J connectivity index is 1.42. The van der Waals surface area contributed by atoms with Crippen LogP contribution in [0.1, 0.15) is 56.6 Å². The van der Waals surface area contributed by atoms with Gasteiger partial charge in [0.1, 0.15) is 5.82 Å². The van der Waals surface area contributed by atoms with E-state index >= 15 is 0 Å². The molecule has 1 N–H and O–H groups in total. The maximum Gasteiger partial charge on any atom is 0.255 e. The van der Waals surface area contributed by atoms with Gasteiger partial charge >= 0.3 is 0 Å². The van der Waals surface area contributed by atoms with Crippen LogP contribution in [0.5, 0.6) is 0 Å². The van der Waals surface area contributed by atoms with Crippen LogP contribution < -0.4 is 5.32 Å². The summed E-state index contributed by atoms with van der Waals surface area (Å²) >= 11 is 0. The Kier molecular flexibility index (Phi) is 6.31. The summed E-state index contributed by atoms with van der Waals surface area (Å²) in [5, 5.41) is 2.92. The number of pyridine rings is 1. The van der Waals surface area contributed by atoms with Crippen molar-refractivity contribution < 1.29 is 9.59 Å². The van der Waals surface area contributed by atoms with Crippen LogP contribution in [0, 0.1) is 6.92 Å². The number of benzene rings is 1. The van der Waals surface area contributed by atoms with Crippen molar-refractivity contribution in [3.8, 4) is 0 Å². The van der Waals surface area contributed by atoms with Gasteiger partial charge in [0, 0.05) is 44.1 Å². The number of hydrogen-bond acceptors (Lipinski definition) is 5. The van der Waals surface area contributed by atoms with Gasteiger partial charge in [-0.05, 0) is 37.5 Å². The first-order valence-corrected chi connectivity index (χ1v) is 10.5. The molecule has 0 spiro atoms. The Hall–Kier alpha value is -3.61. The molecule has 1 aliphatic rings. The van der Waals surface area contributed by atoms with Crippen molar-refractivity contribution in [1.29, 1.82) is 0 Å². The average Bonchev–Trinajstić information content (AvgIpc) is 2.83. The Morgan fingerprint density at radius 3 is 2.71 bits per heavy atom. The van der Waals surface area contributed by atoms with Gasteiger partial charge in [0.15, 0.2) is 0 Å². The molecular weight excluding hydrogens is 390 g/mol. The van der Waals surface area contributed by atoms with Crippen LogP contribution in [0.15, 0.2) is 61.1 Å². The highest BCUT2D eigenvalue weighted by Gasteiger charge is 2.27. The van der Waals surface area contributed by atoms with Crippen LogP contribution in [-0.2, 0) is 6.54 Å². The first-order chi connectivity index (χ1) is 15.1. The summed E-state index contributed by atoms with van der Waals surface area (Å²) in [4.78, 5) is 40.3. The molecule has 1 fully saturated rings. The van der Waals surface area contributed by atoms with Crippen LogP contribution in [0.2, 0.25) is 0 Å². The Bertz CT molecular complexity index is 1060. The predicted molar refractivity (Wildman–Crippen MR) is 116 cm³/mol. The van der Waals surface area contributed by atoms with E-state index in [-0.39, 0.29) is 17.7 Å². The predicted octanol–water partition coefficient (Wildman–Crippen LogP) is 3.13. The molecule has 4 rings (SSSR count). The third-order valence-electron chi connectivity index (χ3n) is 5.52. The number of nitrogens with one attached hydrogen (secondary N) is 1. The van der Waals surface area contributed by atoms with E-state index in [0.29, 0.717) is 42.3 Å². The molecule has 0 aliphatic carbocycles. The fourth-order valence-corrected chi connectivity index (χ4v) is 3.82. The number of piperidine rings is 1. The second-order valence-electron chi connectivity index (χ2n) is 7.73. The lowest BCUT2D eigenvalue weighted by atomic mass is 9.96. The standard InChI is InChI=1S/C24H25N5O2/c1-17-21(23(30)27-13-18-7-3-2-4-8-18)15-26-22(28-17)20-10-6-12-29(16-20)24(31)19-9-5-11-25-14-19/h2-5,7-9,11,14-15,20H,6,10,12-13,16H2,1H3,(H,27,30). The van der Waals surface area contributed by atoms with Gasteiger partial charge in [-0.2, -0.15) is 0 Å². The topological polar surface area (TPSA) is 88.1 Å². The van der Waals surface area contributed by atoms with Gasteiger partial charge in [0.25, 0.3) is 11.8 Å². The highest BCUT2D eigenvalue weighted by Crippen LogP contribution is 2.26. The third kappa shape index (κ3) is 4.94. The quantitative estimate of drug-likeness (QED) is 0.692. The molecule has 158 valence electrons. The number of carbonyl (C=O) groups excluding carboxylic acids is 2. The maximum atomic E-state index is 12.8. The molecule has 0 radical (unpaired) electrons. The lowest BCUT2D eigenvalue weighted by molar-refractivity contribution is 0.0704. The van der Waals surface area contributed by atoms with Gasteiger partial charge in [0.05, 0.1) is 16.8 Å². The fraction of sp³-hybridized carbons (Fsp3) is 0.292. The van der Waals surface area contributed by atoms with E-state index in [1.165, 1.54) is 0 Å². The molecular formula is C24H25N5O2. The first kappa shape index (κ1) is 20.7. The number of carbonyl (C=O) groups is 2. The van der Waals surface area contributed by atoms with Crippen LogP contribution >= 0.6 is 0 Å². The van der Waals surface area contributed by atoms with Gasteiger partial charge < -0.3 is 10.2 Å². The van der Waals surface area contributed by atoms with Crippen molar-refractivity contribution in [3.63, 3.8) is 0 Å². The Morgan fingerprint density at radius 1 is 1.13 bits per heavy atom. The monoisotopic (exact) mass is 415 g/mol. The van der Waals surface area contributed by atoms with Crippen molar-refractivity contribution in [1.82, 2.24) is 25.2 Å². The zero-order valence-corrected chi connectivity index (χ0v) is 17.5. The Morgan fingerprint density at radius 2 is 1.97 bits per heavy atom. The van der Waals surface area contributed by atoms with Crippen LogP contribution in [0.3, 0.4) is 0 Å². The van der Waals surface area contributed by atoms with Crippen LogP contribution in [0.4, 0.5) is 0 Å². The number of rotatable bonds is 5. The highest BCUT2D eigenvalue weighted by molar-refractivity contribution is 5.95. The van der Waals surface area contributed by atoms with Crippen molar-refractivity contribution in [3.05, 3.63) is 89.3 Å².